The maximum Gasteiger partial charge on any atom is 0.183 e. The van der Waals surface area contributed by atoms with Gasteiger partial charge in [0.05, 0.1) is 19.8 Å². The fraction of sp³-hybridized carbons (Fsp3) is 0.778. The van der Waals surface area contributed by atoms with E-state index in [0.717, 1.165) is 43.0 Å². The monoisotopic (exact) mass is 416 g/mol. The molecule has 0 unspecified atom stereocenters. The third-order valence-corrected chi connectivity index (χ3v) is 7.02. The molecule has 0 amide bonds. The number of unbranched alkanes of at least 4 members (excludes halogenated alkanes) is 2. The molecule has 1 aromatic carbocycles. The highest BCUT2D eigenvalue weighted by molar-refractivity contribution is 5.28. The quantitative estimate of drug-likeness (QED) is 0.327. The van der Waals surface area contributed by atoms with E-state index in [2.05, 4.69) is 38.1 Å². The summed E-state index contributed by atoms with van der Waals surface area (Å²) < 4.78 is 17.9. The van der Waals surface area contributed by atoms with E-state index in [1.807, 2.05) is 0 Å². The molecule has 0 N–H and O–H groups in total. The van der Waals surface area contributed by atoms with Gasteiger partial charge in [0.1, 0.15) is 5.75 Å². The molecule has 1 aliphatic carbocycles. The van der Waals surface area contributed by atoms with Crippen LogP contribution in [0.25, 0.3) is 0 Å². The summed E-state index contributed by atoms with van der Waals surface area (Å²) in [5.74, 6) is 3.44. The lowest BCUT2D eigenvalue weighted by Gasteiger charge is -2.29. The predicted octanol–water partition coefficient (Wildman–Crippen LogP) is 7.69. The van der Waals surface area contributed by atoms with E-state index < -0.39 is 0 Å². The molecule has 0 atom stereocenters. The van der Waals surface area contributed by atoms with Gasteiger partial charge in [0.15, 0.2) is 6.29 Å². The van der Waals surface area contributed by atoms with Crippen LogP contribution in [0.2, 0.25) is 0 Å². The van der Waals surface area contributed by atoms with Crippen LogP contribution in [0.5, 0.6) is 5.75 Å². The highest BCUT2D eigenvalue weighted by Gasteiger charge is 2.23. The molecule has 1 saturated carbocycles. The van der Waals surface area contributed by atoms with E-state index in [4.69, 9.17) is 14.2 Å². The van der Waals surface area contributed by atoms with Gasteiger partial charge in [-0.05, 0) is 43.2 Å². The lowest BCUT2D eigenvalue weighted by Crippen LogP contribution is -2.27. The van der Waals surface area contributed by atoms with Crippen molar-refractivity contribution in [3.8, 4) is 5.75 Å². The first-order valence-electron chi connectivity index (χ1n) is 12.7. The highest BCUT2D eigenvalue weighted by atomic mass is 16.7. The van der Waals surface area contributed by atoms with Crippen LogP contribution in [-0.2, 0) is 9.47 Å². The van der Waals surface area contributed by atoms with Crippen LogP contribution in [0, 0.1) is 17.8 Å². The van der Waals surface area contributed by atoms with Crippen molar-refractivity contribution in [2.24, 2.45) is 17.8 Å². The van der Waals surface area contributed by atoms with Crippen molar-refractivity contribution in [2.75, 3.05) is 19.8 Å². The van der Waals surface area contributed by atoms with Gasteiger partial charge in [-0.3, -0.25) is 0 Å². The Hall–Kier alpha value is -1.06. The fourth-order valence-corrected chi connectivity index (χ4v) is 5.09. The van der Waals surface area contributed by atoms with Gasteiger partial charge in [-0.25, -0.2) is 0 Å². The van der Waals surface area contributed by atoms with Crippen LogP contribution in [0.4, 0.5) is 0 Å². The third-order valence-electron chi connectivity index (χ3n) is 7.02. The van der Waals surface area contributed by atoms with Crippen LogP contribution >= 0.6 is 0 Å². The van der Waals surface area contributed by atoms with Crippen molar-refractivity contribution in [3.63, 3.8) is 0 Å². The molecule has 1 saturated heterocycles. The molecule has 3 heteroatoms. The van der Waals surface area contributed by atoms with Gasteiger partial charge in [0.25, 0.3) is 0 Å². The van der Waals surface area contributed by atoms with Gasteiger partial charge in [-0.1, -0.05) is 83.8 Å². The molecule has 0 bridgehead atoms. The SMILES string of the molecule is CCCCCC1COC(c2ccc(OCCCC3CCC(CCC)CC3)cc2)OC1. The second-order valence-electron chi connectivity index (χ2n) is 9.60. The second kappa shape index (κ2) is 13.4. The van der Waals surface area contributed by atoms with Gasteiger partial charge in [-0.15, -0.1) is 0 Å². The molecule has 30 heavy (non-hydrogen) atoms. The van der Waals surface area contributed by atoms with Crippen molar-refractivity contribution >= 4 is 0 Å². The Morgan fingerprint density at radius 1 is 0.733 bits per heavy atom. The maximum absolute atomic E-state index is 5.99. The van der Waals surface area contributed by atoms with Crippen molar-refractivity contribution in [2.45, 2.75) is 97.2 Å². The lowest BCUT2D eigenvalue weighted by molar-refractivity contribution is -0.206. The zero-order valence-electron chi connectivity index (χ0n) is 19.5. The Labute approximate surface area is 184 Å². The summed E-state index contributed by atoms with van der Waals surface area (Å²) >= 11 is 0. The molecule has 0 spiro atoms. The van der Waals surface area contributed by atoms with Crippen molar-refractivity contribution in [3.05, 3.63) is 29.8 Å². The lowest BCUT2D eigenvalue weighted by atomic mass is 9.78. The Kier molecular flexibility index (Phi) is 10.5. The number of hydrogen-bond acceptors (Lipinski definition) is 3. The Morgan fingerprint density at radius 3 is 2.00 bits per heavy atom. The van der Waals surface area contributed by atoms with E-state index >= 15 is 0 Å². The first-order chi connectivity index (χ1) is 14.8. The zero-order chi connectivity index (χ0) is 21.0. The molecule has 1 aliphatic heterocycles. The van der Waals surface area contributed by atoms with Crippen molar-refractivity contribution in [1.82, 2.24) is 0 Å². The summed E-state index contributed by atoms with van der Waals surface area (Å²) in [5, 5.41) is 0. The largest absolute Gasteiger partial charge is 0.494 e. The Bertz CT molecular complexity index is 554. The Morgan fingerprint density at radius 2 is 1.37 bits per heavy atom. The summed E-state index contributed by atoms with van der Waals surface area (Å²) in [5.41, 5.74) is 1.10. The van der Waals surface area contributed by atoms with Crippen molar-refractivity contribution < 1.29 is 14.2 Å². The van der Waals surface area contributed by atoms with Crippen LogP contribution < -0.4 is 4.74 Å². The zero-order valence-corrected chi connectivity index (χ0v) is 19.5. The third kappa shape index (κ3) is 7.89. The van der Waals surface area contributed by atoms with Gasteiger partial charge in [-0.2, -0.15) is 0 Å². The topological polar surface area (TPSA) is 27.7 Å². The van der Waals surface area contributed by atoms with Crippen molar-refractivity contribution in [1.29, 1.82) is 0 Å². The maximum atomic E-state index is 5.99. The molecule has 170 valence electrons. The molecular weight excluding hydrogens is 372 g/mol. The average molecular weight is 417 g/mol. The number of benzene rings is 1. The highest BCUT2D eigenvalue weighted by Crippen LogP contribution is 2.34. The van der Waals surface area contributed by atoms with Gasteiger partial charge < -0.3 is 14.2 Å². The Balaban J connectivity index is 1.29. The standard InChI is InChI=1S/C27H44O3/c1-3-5-6-9-24-20-29-27(30-21-24)25-15-17-26(18-16-25)28-19-7-10-23-13-11-22(8-4-2)12-14-23/h15-18,22-24,27H,3-14,19-21H2,1-2H3. The van der Waals surface area contributed by atoms with E-state index in [0.29, 0.717) is 5.92 Å². The number of ether oxygens (including phenoxy) is 3. The molecule has 3 rings (SSSR count). The van der Waals surface area contributed by atoms with E-state index in [1.165, 1.54) is 77.0 Å². The average Bonchev–Trinajstić information content (AvgIpc) is 2.79. The van der Waals surface area contributed by atoms with E-state index in [-0.39, 0.29) is 6.29 Å². The molecule has 1 heterocycles. The first-order valence-corrected chi connectivity index (χ1v) is 12.7. The van der Waals surface area contributed by atoms with Crippen LogP contribution in [0.1, 0.15) is 103 Å². The summed E-state index contributed by atoms with van der Waals surface area (Å²) in [6, 6.07) is 8.30. The second-order valence-corrected chi connectivity index (χ2v) is 9.60. The van der Waals surface area contributed by atoms with E-state index in [1.54, 1.807) is 0 Å². The summed E-state index contributed by atoms with van der Waals surface area (Å²) in [6.07, 6.45) is 15.9. The van der Waals surface area contributed by atoms with Crippen LogP contribution in [-0.4, -0.2) is 19.8 Å². The van der Waals surface area contributed by atoms with Gasteiger partial charge in [0, 0.05) is 11.5 Å². The molecule has 2 aliphatic rings. The molecule has 0 radical (unpaired) electrons. The molecule has 1 aromatic rings. The molecule has 3 nitrogen and oxygen atoms in total. The normalized spacial score (nSPS) is 27.1. The number of rotatable bonds is 12. The summed E-state index contributed by atoms with van der Waals surface area (Å²) in [6.45, 7) is 7.01. The van der Waals surface area contributed by atoms with Crippen LogP contribution in [0.15, 0.2) is 24.3 Å². The van der Waals surface area contributed by atoms with Gasteiger partial charge in [0.2, 0.25) is 0 Å². The molecular formula is C27H44O3. The summed E-state index contributed by atoms with van der Waals surface area (Å²) in [7, 11) is 0. The van der Waals surface area contributed by atoms with E-state index in [9.17, 15) is 0 Å². The smallest absolute Gasteiger partial charge is 0.183 e. The molecule has 2 fully saturated rings. The fourth-order valence-electron chi connectivity index (χ4n) is 5.09. The number of hydrogen-bond donors (Lipinski definition) is 0. The summed E-state index contributed by atoms with van der Waals surface area (Å²) in [4.78, 5) is 0. The van der Waals surface area contributed by atoms with Gasteiger partial charge >= 0.3 is 0 Å². The minimum absolute atomic E-state index is 0.218. The first kappa shape index (κ1) is 23.6. The predicted molar refractivity (Wildman–Crippen MR) is 124 cm³/mol. The molecule has 0 aromatic heterocycles. The minimum atomic E-state index is -0.218. The van der Waals surface area contributed by atoms with Crippen LogP contribution in [0.3, 0.4) is 0 Å². The minimum Gasteiger partial charge on any atom is -0.494 e.